The first-order chi connectivity index (χ1) is 16.4. The van der Waals surface area contributed by atoms with E-state index in [-0.39, 0.29) is 23.3 Å². The lowest BCUT2D eigenvalue weighted by Gasteiger charge is -2.12. The highest BCUT2D eigenvalue weighted by atomic mass is 35.5. The van der Waals surface area contributed by atoms with E-state index in [1.54, 1.807) is 42.5 Å². The molecule has 0 aliphatic carbocycles. The third-order valence-corrected chi connectivity index (χ3v) is 5.36. The van der Waals surface area contributed by atoms with Crippen LogP contribution >= 0.6 is 35.4 Å². The molecule has 0 atom stereocenters. The third-order valence-electron chi connectivity index (χ3n) is 4.63. The number of amides is 2. The zero-order valence-corrected chi connectivity index (χ0v) is 21.3. The number of unbranched alkanes of at least 4 members (excludes halogenated alkanes) is 3. The van der Waals surface area contributed by atoms with E-state index >= 15 is 0 Å². The standard InChI is InChI=1S/C24H29Cl2N3O4S/c1-2-3-4-5-14-32-19-11-8-17(9-12-19)23(31)28-29-24(34)27-22(30)7-6-15-33-21-13-10-18(25)16-20(21)26/h8-13,16H,2-7,14-15H2,1H3,(H,28,31)(H2,27,29,30,34). The van der Waals surface area contributed by atoms with Gasteiger partial charge < -0.3 is 14.8 Å². The van der Waals surface area contributed by atoms with Crippen molar-refractivity contribution < 1.29 is 19.1 Å². The molecule has 2 aromatic rings. The van der Waals surface area contributed by atoms with E-state index in [0.29, 0.717) is 46.7 Å². The van der Waals surface area contributed by atoms with E-state index in [1.807, 2.05) is 0 Å². The van der Waals surface area contributed by atoms with Gasteiger partial charge in [0.25, 0.3) is 5.91 Å². The van der Waals surface area contributed by atoms with Crippen molar-refractivity contribution >= 4 is 52.3 Å². The molecule has 0 aliphatic rings. The van der Waals surface area contributed by atoms with Crippen molar-refractivity contribution in [2.75, 3.05) is 13.2 Å². The van der Waals surface area contributed by atoms with Gasteiger partial charge in [-0.25, -0.2) is 0 Å². The molecule has 0 radical (unpaired) electrons. The Morgan fingerprint density at radius 3 is 2.35 bits per heavy atom. The van der Waals surface area contributed by atoms with Crippen LogP contribution in [0.3, 0.4) is 0 Å². The fourth-order valence-electron chi connectivity index (χ4n) is 2.83. The first kappa shape index (κ1) is 27.7. The summed E-state index contributed by atoms with van der Waals surface area (Å²) >= 11 is 16.9. The molecule has 0 saturated heterocycles. The molecular formula is C24H29Cl2N3O4S. The van der Waals surface area contributed by atoms with Crippen LogP contribution in [0.1, 0.15) is 55.8 Å². The molecule has 2 aromatic carbocycles. The first-order valence-corrected chi connectivity index (χ1v) is 12.3. The van der Waals surface area contributed by atoms with Crippen molar-refractivity contribution in [2.24, 2.45) is 0 Å². The second-order valence-electron chi connectivity index (χ2n) is 7.42. The molecule has 0 aliphatic heterocycles. The number of carbonyl (C=O) groups is 2. The number of nitrogens with one attached hydrogen (secondary N) is 3. The van der Waals surface area contributed by atoms with Gasteiger partial charge in [-0.1, -0.05) is 49.4 Å². The molecule has 34 heavy (non-hydrogen) atoms. The molecule has 2 rings (SSSR count). The molecule has 10 heteroatoms. The Morgan fingerprint density at radius 2 is 1.65 bits per heavy atom. The van der Waals surface area contributed by atoms with Crippen LogP contribution in [0.5, 0.6) is 11.5 Å². The average Bonchev–Trinajstić information content (AvgIpc) is 2.81. The quantitative estimate of drug-likeness (QED) is 0.194. The maximum atomic E-state index is 12.3. The lowest BCUT2D eigenvalue weighted by molar-refractivity contribution is -0.119. The maximum absolute atomic E-state index is 12.3. The lowest BCUT2D eigenvalue weighted by Crippen LogP contribution is -2.48. The number of halogens is 2. The van der Waals surface area contributed by atoms with Crippen LogP contribution in [0, 0.1) is 0 Å². The Morgan fingerprint density at radius 1 is 0.912 bits per heavy atom. The molecule has 184 valence electrons. The summed E-state index contributed by atoms with van der Waals surface area (Å²) < 4.78 is 11.2. The monoisotopic (exact) mass is 525 g/mol. The Balaban J connectivity index is 1.62. The number of hydrogen-bond acceptors (Lipinski definition) is 5. The molecule has 2 amide bonds. The van der Waals surface area contributed by atoms with E-state index in [0.717, 1.165) is 12.8 Å². The van der Waals surface area contributed by atoms with E-state index in [9.17, 15) is 9.59 Å². The average molecular weight is 526 g/mol. The number of benzene rings is 2. The second-order valence-corrected chi connectivity index (χ2v) is 8.67. The molecule has 0 aromatic heterocycles. The topological polar surface area (TPSA) is 88.7 Å². The minimum Gasteiger partial charge on any atom is -0.494 e. The van der Waals surface area contributed by atoms with Gasteiger partial charge >= 0.3 is 0 Å². The number of ether oxygens (including phenoxy) is 2. The van der Waals surface area contributed by atoms with E-state index < -0.39 is 0 Å². The Labute approximate surface area is 215 Å². The third kappa shape index (κ3) is 10.6. The predicted octanol–water partition coefficient (Wildman–Crippen LogP) is 5.45. The Bertz CT molecular complexity index is 958. The summed E-state index contributed by atoms with van der Waals surface area (Å²) in [5, 5.41) is 3.41. The van der Waals surface area contributed by atoms with Gasteiger partial charge in [0.2, 0.25) is 5.91 Å². The van der Waals surface area contributed by atoms with Crippen molar-refractivity contribution in [1.29, 1.82) is 0 Å². The van der Waals surface area contributed by atoms with Crippen LogP contribution in [0.4, 0.5) is 0 Å². The van der Waals surface area contributed by atoms with Crippen LogP contribution in [-0.4, -0.2) is 30.1 Å². The molecule has 0 bridgehead atoms. The van der Waals surface area contributed by atoms with Crippen molar-refractivity contribution in [3.05, 3.63) is 58.1 Å². The predicted molar refractivity (Wildman–Crippen MR) is 139 cm³/mol. The van der Waals surface area contributed by atoms with Crippen LogP contribution in [0.25, 0.3) is 0 Å². The highest BCUT2D eigenvalue weighted by Gasteiger charge is 2.09. The smallest absolute Gasteiger partial charge is 0.269 e. The zero-order chi connectivity index (χ0) is 24.8. The maximum Gasteiger partial charge on any atom is 0.269 e. The number of hydrazine groups is 1. The Hall–Kier alpha value is -2.55. The van der Waals surface area contributed by atoms with Crippen LogP contribution in [0.2, 0.25) is 10.0 Å². The first-order valence-electron chi connectivity index (χ1n) is 11.1. The van der Waals surface area contributed by atoms with Gasteiger partial charge in [0, 0.05) is 17.0 Å². The van der Waals surface area contributed by atoms with Gasteiger partial charge in [-0.15, -0.1) is 0 Å². The largest absolute Gasteiger partial charge is 0.494 e. The van der Waals surface area contributed by atoms with Gasteiger partial charge in [-0.3, -0.25) is 20.4 Å². The molecule has 0 spiro atoms. The molecule has 0 fully saturated rings. The fraction of sp³-hybridized carbons (Fsp3) is 0.375. The summed E-state index contributed by atoms with van der Waals surface area (Å²) in [6.07, 6.45) is 5.17. The Kier molecular flexibility index (Phi) is 12.5. The van der Waals surface area contributed by atoms with Crippen molar-refractivity contribution in [1.82, 2.24) is 16.2 Å². The lowest BCUT2D eigenvalue weighted by atomic mass is 10.2. The number of thiocarbonyl (C=S) groups is 1. The van der Waals surface area contributed by atoms with Gasteiger partial charge in [-0.05, 0) is 67.5 Å². The molecule has 3 N–H and O–H groups in total. The molecule has 7 nitrogen and oxygen atoms in total. The molecule has 0 heterocycles. The van der Waals surface area contributed by atoms with E-state index in [1.165, 1.54) is 12.8 Å². The summed E-state index contributed by atoms with van der Waals surface area (Å²) in [7, 11) is 0. The molecule has 0 unspecified atom stereocenters. The summed E-state index contributed by atoms with van der Waals surface area (Å²) in [5.41, 5.74) is 5.40. The fourth-order valence-corrected chi connectivity index (χ4v) is 3.46. The van der Waals surface area contributed by atoms with Crippen molar-refractivity contribution in [3.8, 4) is 11.5 Å². The van der Waals surface area contributed by atoms with Crippen molar-refractivity contribution in [2.45, 2.75) is 45.4 Å². The van der Waals surface area contributed by atoms with Crippen molar-refractivity contribution in [3.63, 3.8) is 0 Å². The molecule has 0 saturated carbocycles. The second kappa shape index (κ2) is 15.4. The minimum absolute atomic E-state index is 0.00736. The van der Waals surface area contributed by atoms with E-state index in [4.69, 9.17) is 44.9 Å². The summed E-state index contributed by atoms with van der Waals surface area (Å²) in [4.78, 5) is 24.3. The molecular weight excluding hydrogens is 497 g/mol. The zero-order valence-electron chi connectivity index (χ0n) is 19.0. The highest BCUT2D eigenvalue weighted by molar-refractivity contribution is 7.80. The van der Waals surface area contributed by atoms with Crippen LogP contribution < -0.4 is 25.6 Å². The van der Waals surface area contributed by atoms with Gasteiger partial charge in [0.15, 0.2) is 5.11 Å². The highest BCUT2D eigenvalue weighted by Crippen LogP contribution is 2.27. The SMILES string of the molecule is CCCCCCOc1ccc(C(=O)NNC(=S)NC(=O)CCCOc2ccc(Cl)cc2Cl)cc1. The minimum atomic E-state index is -0.390. The van der Waals surface area contributed by atoms with E-state index in [2.05, 4.69) is 23.1 Å². The van der Waals surface area contributed by atoms with Gasteiger partial charge in [-0.2, -0.15) is 0 Å². The summed E-state index contributed by atoms with van der Waals surface area (Å²) in [5.74, 6) is 0.515. The van der Waals surface area contributed by atoms with Gasteiger partial charge in [0.05, 0.1) is 18.2 Å². The normalized spacial score (nSPS) is 10.3. The summed E-state index contributed by atoms with van der Waals surface area (Å²) in [6.45, 7) is 3.12. The van der Waals surface area contributed by atoms with Crippen LogP contribution in [-0.2, 0) is 4.79 Å². The van der Waals surface area contributed by atoms with Gasteiger partial charge in [0.1, 0.15) is 11.5 Å². The number of hydrogen-bond donors (Lipinski definition) is 3. The number of carbonyl (C=O) groups excluding carboxylic acids is 2. The van der Waals surface area contributed by atoms with Crippen LogP contribution in [0.15, 0.2) is 42.5 Å². The summed E-state index contributed by atoms with van der Waals surface area (Å²) in [6, 6.07) is 11.7. The number of rotatable bonds is 12.